The molecule has 2 fully saturated rings. The van der Waals surface area contributed by atoms with E-state index in [-0.39, 0.29) is 5.91 Å². The van der Waals surface area contributed by atoms with Gasteiger partial charge in [0.25, 0.3) is 5.91 Å². The summed E-state index contributed by atoms with van der Waals surface area (Å²) < 4.78 is 0.645. The first-order chi connectivity index (χ1) is 10.1. The molecule has 1 amide bonds. The van der Waals surface area contributed by atoms with Gasteiger partial charge in [-0.3, -0.25) is 14.6 Å². The predicted molar refractivity (Wildman–Crippen MR) is 92.1 cm³/mol. The van der Waals surface area contributed by atoms with Crippen molar-refractivity contribution in [1.29, 1.82) is 0 Å². The van der Waals surface area contributed by atoms with Gasteiger partial charge in [-0.1, -0.05) is 47.7 Å². The lowest BCUT2D eigenvalue weighted by Crippen LogP contribution is -2.38. The maximum absolute atomic E-state index is 12.5. The van der Waals surface area contributed by atoms with Crippen molar-refractivity contribution in [2.45, 2.75) is 12.8 Å². The predicted octanol–water partition coefficient (Wildman–Crippen LogP) is 3.59. The molecule has 0 saturated carbocycles. The molecule has 0 aromatic heterocycles. The Hall–Kier alpha value is -0.880. The average molecular weight is 339 g/mol. The van der Waals surface area contributed by atoms with Crippen molar-refractivity contribution in [3.05, 3.63) is 39.8 Å². The Balaban J connectivity index is 1.74. The first-order valence-corrected chi connectivity index (χ1v) is 8.47. The highest BCUT2D eigenvalue weighted by Gasteiger charge is 2.33. The SMILES string of the molecule is O=C1/C(=C/c2ccc(Cl)cc2)SC(=S)N1CN1CCCC1. The van der Waals surface area contributed by atoms with E-state index in [1.807, 2.05) is 30.3 Å². The van der Waals surface area contributed by atoms with Crippen molar-refractivity contribution < 1.29 is 4.79 Å². The number of benzene rings is 1. The molecule has 0 radical (unpaired) electrons. The number of rotatable bonds is 3. The number of likely N-dealkylation sites (tertiary alicyclic amines) is 1. The quantitative estimate of drug-likeness (QED) is 0.620. The maximum Gasteiger partial charge on any atom is 0.267 e. The van der Waals surface area contributed by atoms with Crippen LogP contribution in [0.4, 0.5) is 0 Å². The summed E-state index contributed by atoms with van der Waals surface area (Å²) in [5, 5.41) is 0.689. The van der Waals surface area contributed by atoms with E-state index >= 15 is 0 Å². The summed E-state index contributed by atoms with van der Waals surface area (Å²) in [5.41, 5.74) is 0.959. The Bertz CT molecular complexity index is 594. The van der Waals surface area contributed by atoms with Crippen LogP contribution in [0.5, 0.6) is 0 Å². The summed E-state index contributed by atoms with van der Waals surface area (Å²) >= 11 is 12.6. The second-order valence-corrected chi connectivity index (χ2v) is 7.24. The third-order valence-electron chi connectivity index (χ3n) is 3.58. The summed E-state index contributed by atoms with van der Waals surface area (Å²) in [6, 6.07) is 7.43. The number of halogens is 1. The van der Waals surface area contributed by atoms with Crippen molar-refractivity contribution in [2.24, 2.45) is 0 Å². The average Bonchev–Trinajstić information content (AvgIpc) is 3.06. The van der Waals surface area contributed by atoms with Crippen LogP contribution in [0.1, 0.15) is 18.4 Å². The highest BCUT2D eigenvalue weighted by Crippen LogP contribution is 2.33. The summed E-state index contributed by atoms with van der Waals surface area (Å²) in [5.74, 6) is 0.00634. The lowest BCUT2D eigenvalue weighted by molar-refractivity contribution is -0.123. The molecule has 3 nitrogen and oxygen atoms in total. The zero-order valence-corrected chi connectivity index (χ0v) is 13.8. The Labute approximate surface area is 138 Å². The van der Waals surface area contributed by atoms with Gasteiger partial charge in [0, 0.05) is 5.02 Å². The molecule has 0 aliphatic carbocycles. The van der Waals surface area contributed by atoms with Crippen LogP contribution in [0.2, 0.25) is 5.02 Å². The molecular weight excluding hydrogens is 324 g/mol. The van der Waals surface area contributed by atoms with Crippen LogP contribution in [0.3, 0.4) is 0 Å². The molecule has 6 heteroatoms. The van der Waals surface area contributed by atoms with Crippen molar-refractivity contribution >= 4 is 51.9 Å². The van der Waals surface area contributed by atoms with Crippen molar-refractivity contribution in [1.82, 2.24) is 9.80 Å². The molecule has 0 spiro atoms. The number of thioether (sulfide) groups is 1. The minimum atomic E-state index is 0.00634. The Morgan fingerprint density at radius 2 is 1.90 bits per heavy atom. The lowest BCUT2D eigenvalue weighted by atomic mass is 10.2. The van der Waals surface area contributed by atoms with Crippen molar-refractivity contribution in [2.75, 3.05) is 19.8 Å². The largest absolute Gasteiger partial charge is 0.286 e. The molecule has 0 N–H and O–H groups in total. The van der Waals surface area contributed by atoms with Gasteiger partial charge in [-0.25, -0.2) is 0 Å². The highest BCUT2D eigenvalue weighted by molar-refractivity contribution is 8.26. The van der Waals surface area contributed by atoms with E-state index in [0.29, 0.717) is 20.9 Å². The number of hydrogen-bond donors (Lipinski definition) is 0. The number of hydrogen-bond acceptors (Lipinski definition) is 4. The molecule has 1 aromatic carbocycles. The van der Waals surface area contributed by atoms with Gasteiger partial charge in [0.1, 0.15) is 4.32 Å². The van der Waals surface area contributed by atoms with Crippen LogP contribution in [-0.4, -0.2) is 39.8 Å². The van der Waals surface area contributed by atoms with Crippen LogP contribution in [0.25, 0.3) is 6.08 Å². The standard InChI is InChI=1S/C15H15ClN2OS2/c16-12-5-3-11(4-6-12)9-13-14(19)18(15(20)21-13)10-17-7-1-2-8-17/h3-6,9H,1-2,7-8,10H2/b13-9-. The summed E-state index contributed by atoms with van der Waals surface area (Å²) in [6.07, 6.45) is 4.28. The van der Waals surface area contributed by atoms with E-state index in [9.17, 15) is 4.79 Å². The smallest absolute Gasteiger partial charge is 0.267 e. The fourth-order valence-electron chi connectivity index (χ4n) is 2.46. The third kappa shape index (κ3) is 3.48. The normalized spacial score (nSPS) is 21.8. The molecule has 0 bridgehead atoms. The van der Waals surface area contributed by atoms with Crippen molar-refractivity contribution in [3.8, 4) is 0 Å². The van der Waals surface area contributed by atoms with Gasteiger partial charge in [0.2, 0.25) is 0 Å². The Morgan fingerprint density at radius 1 is 1.24 bits per heavy atom. The Kier molecular flexibility index (Phi) is 4.64. The molecule has 2 heterocycles. The number of thiocarbonyl (C=S) groups is 1. The van der Waals surface area contributed by atoms with Gasteiger partial charge >= 0.3 is 0 Å². The fraction of sp³-hybridized carbons (Fsp3) is 0.333. The van der Waals surface area contributed by atoms with Gasteiger partial charge in [0.05, 0.1) is 11.6 Å². The summed E-state index contributed by atoms with van der Waals surface area (Å²) in [7, 11) is 0. The molecule has 2 saturated heterocycles. The van der Waals surface area contributed by atoms with E-state index in [2.05, 4.69) is 4.90 Å². The zero-order valence-electron chi connectivity index (χ0n) is 11.4. The van der Waals surface area contributed by atoms with E-state index in [4.69, 9.17) is 23.8 Å². The Morgan fingerprint density at radius 3 is 2.57 bits per heavy atom. The minimum absolute atomic E-state index is 0.00634. The second kappa shape index (κ2) is 6.48. The monoisotopic (exact) mass is 338 g/mol. The first kappa shape index (κ1) is 15.0. The third-order valence-corrected chi connectivity index (χ3v) is 5.21. The summed E-state index contributed by atoms with van der Waals surface area (Å²) in [4.78, 5) is 17.1. The fourth-order valence-corrected chi connectivity index (χ4v) is 3.82. The van der Waals surface area contributed by atoms with Gasteiger partial charge < -0.3 is 0 Å². The molecule has 110 valence electrons. The molecule has 21 heavy (non-hydrogen) atoms. The minimum Gasteiger partial charge on any atom is -0.286 e. The van der Waals surface area contributed by atoms with Gasteiger partial charge in [-0.15, -0.1) is 0 Å². The molecule has 2 aliphatic heterocycles. The van der Waals surface area contributed by atoms with Crippen LogP contribution < -0.4 is 0 Å². The van der Waals surface area contributed by atoms with Crippen LogP contribution in [0, 0.1) is 0 Å². The summed E-state index contributed by atoms with van der Waals surface area (Å²) in [6.45, 7) is 2.71. The molecular formula is C15H15ClN2OS2. The molecule has 0 unspecified atom stereocenters. The van der Waals surface area contributed by atoms with Crippen LogP contribution >= 0.6 is 35.6 Å². The maximum atomic E-state index is 12.5. The van der Waals surface area contributed by atoms with Crippen molar-refractivity contribution in [3.63, 3.8) is 0 Å². The van der Waals surface area contributed by atoms with Crippen LogP contribution in [-0.2, 0) is 4.79 Å². The van der Waals surface area contributed by atoms with E-state index in [0.717, 1.165) is 18.7 Å². The number of carbonyl (C=O) groups excluding carboxylic acids is 1. The number of carbonyl (C=O) groups is 1. The second-order valence-electron chi connectivity index (χ2n) is 5.13. The molecule has 3 rings (SSSR count). The van der Waals surface area contributed by atoms with E-state index < -0.39 is 0 Å². The molecule has 2 aliphatic rings. The van der Waals surface area contributed by atoms with Gasteiger partial charge in [-0.05, 0) is 49.7 Å². The van der Waals surface area contributed by atoms with E-state index in [1.54, 1.807) is 4.90 Å². The topological polar surface area (TPSA) is 23.6 Å². The highest BCUT2D eigenvalue weighted by atomic mass is 35.5. The van der Waals surface area contributed by atoms with Gasteiger partial charge in [-0.2, -0.15) is 0 Å². The first-order valence-electron chi connectivity index (χ1n) is 6.87. The van der Waals surface area contributed by atoms with Gasteiger partial charge in [0.15, 0.2) is 0 Å². The zero-order chi connectivity index (χ0) is 14.8. The lowest BCUT2D eigenvalue weighted by Gasteiger charge is -2.22. The van der Waals surface area contributed by atoms with Crippen LogP contribution in [0.15, 0.2) is 29.2 Å². The molecule has 0 atom stereocenters. The number of nitrogens with zero attached hydrogens (tertiary/aromatic N) is 2. The molecule has 1 aromatic rings. The number of amides is 1. The van der Waals surface area contributed by atoms with E-state index in [1.165, 1.54) is 24.6 Å².